The van der Waals surface area contributed by atoms with Gasteiger partial charge in [-0.1, -0.05) is 42.1 Å². The van der Waals surface area contributed by atoms with Crippen molar-refractivity contribution in [1.82, 2.24) is 10.3 Å². The zero-order chi connectivity index (χ0) is 21.1. The van der Waals surface area contributed by atoms with Crippen LogP contribution in [-0.2, 0) is 11.7 Å². The van der Waals surface area contributed by atoms with Crippen molar-refractivity contribution in [2.24, 2.45) is 0 Å². The highest BCUT2D eigenvalue weighted by Gasteiger charge is 2.38. The van der Waals surface area contributed by atoms with Crippen molar-refractivity contribution in [3.8, 4) is 0 Å². The Hall–Kier alpha value is -2.80. The summed E-state index contributed by atoms with van der Waals surface area (Å²) in [6.07, 6.45) is -3.08. The Morgan fingerprint density at radius 1 is 0.931 bits per heavy atom. The molecule has 0 aliphatic heterocycles. The van der Waals surface area contributed by atoms with Gasteiger partial charge >= 0.3 is 6.18 Å². The molecule has 0 atom stereocenters. The predicted molar refractivity (Wildman–Crippen MR) is 107 cm³/mol. The molecule has 0 radical (unpaired) electrons. The Morgan fingerprint density at radius 2 is 1.62 bits per heavy atom. The summed E-state index contributed by atoms with van der Waals surface area (Å²) < 4.78 is 41.0. The highest BCUT2D eigenvalue weighted by Crippen LogP contribution is 2.39. The number of benzene rings is 2. The van der Waals surface area contributed by atoms with E-state index in [1.165, 1.54) is 12.1 Å². The van der Waals surface area contributed by atoms with E-state index in [0.717, 1.165) is 22.7 Å². The van der Waals surface area contributed by atoms with Crippen LogP contribution in [0.15, 0.2) is 82.7 Å². The summed E-state index contributed by atoms with van der Waals surface area (Å²) in [5.74, 6) is -0.799. The molecule has 1 heterocycles. The Balaban J connectivity index is 2.02. The van der Waals surface area contributed by atoms with Crippen LogP contribution in [-0.4, -0.2) is 10.9 Å². The van der Waals surface area contributed by atoms with Gasteiger partial charge in [0.05, 0.1) is 22.4 Å². The number of amides is 1. The van der Waals surface area contributed by atoms with E-state index < -0.39 is 28.7 Å². The number of carbonyl (C=O) groups excluding carboxylic acids is 1. The summed E-state index contributed by atoms with van der Waals surface area (Å²) in [7, 11) is 0. The molecule has 0 aliphatic carbocycles. The minimum Gasteiger partial charge on any atom is -0.341 e. The standard InChI is InChI=1S/C22H19F3N2OS/c1-21(2,18-13-6-7-14-26-18)27-20(28)19-16(22(23,24)25)11-8-12-17(19)29-15-9-4-3-5-10-15/h3-14H,1-2H3,(H,27,28). The number of nitrogens with zero attached hydrogens (tertiary/aromatic N) is 1. The highest BCUT2D eigenvalue weighted by molar-refractivity contribution is 7.99. The second-order valence-corrected chi connectivity index (χ2v) is 8.00. The SMILES string of the molecule is CC(C)(NC(=O)c1c(Sc2ccccc2)cccc1C(F)(F)F)c1ccccn1. The molecule has 3 rings (SSSR count). The van der Waals surface area contributed by atoms with Crippen LogP contribution < -0.4 is 5.32 Å². The molecule has 3 nitrogen and oxygen atoms in total. The maximum atomic E-state index is 13.7. The van der Waals surface area contributed by atoms with Gasteiger partial charge in [0, 0.05) is 16.0 Å². The van der Waals surface area contributed by atoms with Crippen LogP contribution in [0, 0.1) is 0 Å². The fourth-order valence-corrected chi connectivity index (χ4v) is 3.84. The van der Waals surface area contributed by atoms with Crippen LogP contribution in [0.4, 0.5) is 13.2 Å². The predicted octanol–water partition coefficient (Wildman–Crippen LogP) is 5.92. The lowest BCUT2D eigenvalue weighted by molar-refractivity contribution is -0.138. The molecule has 0 fully saturated rings. The van der Waals surface area contributed by atoms with Crippen molar-refractivity contribution in [2.45, 2.75) is 35.4 Å². The van der Waals surface area contributed by atoms with Crippen LogP contribution in [0.2, 0.25) is 0 Å². The summed E-state index contributed by atoms with van der Waals surface area (Å²) in [4.78, 5) is 18.3. The van der Waals surface area contributed by atoms with E-state index in [0.29, 0.717) is 5.69 Å². The van der Waals surface area contributed by atoms with Gasteiger partial charge in [0.2, 0.25) is 0 Å². The van der Waals surface area contributed by atoms with Gasteiger partial charge in [-0.25, -0.2) is 0 Å². The fourth-order valence-electron chi connectivity index (χ4n) is 2.84. The Labute approximate surface area is 171 Å². The molecule has 1 aromatic heterocycles. The van der Waals surface area contributed by atoms with E-state index in [9.17, 15) is 18.0 Å². The van der Waals surface area contributed by atoms with Crippen LogP contribution >= 0.6 is 11.8 Å². The van der Waals surface area contributed by atoms with Gasteiger partial charge in [0.25, 0.3) is 5.91 Å². The van der Waals surface area contributed by atoms with Gasteiger partial charge in [0.15, 0.2) is 0 Å². The molecule has 3 aromatic rings. The zero-order valence-electron chi connectivity index (χ0n) is 15.8. The monoisotopic (exact) mass is 416 g/mol. The maximum Gasteiger partial charge on any atom is 0.417 e. The van der Waals surface area contributed by atoms with Gasteiger partial charge in [-0.05, 0) is 50.2 Å². The lowest BCUT2D eigenvalue weighted by Gasteiger charge is -2.27. The third kappa shape index (κ3) is 4.98. The fraction of sp³-hybridized carbons (Fsp3) is 0.182. The van der Waals surface area contributed by atoms with E-state index in [2.05, 4.69) is 10.3 Å². The van der Waals surface area contributed by atoms with Crippen molar-refractivity contribution >= 4 is 17.7 Å². The van der Waals surface area contributed by atoms with Crippen LogP contribution in [0.3, 0.4) is 0 Å². The van der Waals surface area contributed by atoms with E-state index in [1.807, 2.05) is 6.07 Å². The summed E-state index contributed by atoms with van der Waals surface area (Å²) >= 11 is 1.12. The lowest BCUT2D eigenvalue weighted by Crippen LogP contribution is -2.42. The van der Waals surface area contributed by atoms with Crippen LogP contribution in [0.1, 0.15) is 35.5 Å². The molecule has 0 aliphatic rings. The Morgan fingerprint density at radius 3 is 2.24 bits per heavy atom. The van der Waals surface area contributed by atoms with Gasteiger partial charge in [0.1, 0.15) is 0 Å². The number of hydrogen-bond acceptors (Lipinski definition) is 3. The minimum absolute atomic E-state index is 0.236. The van der Waals surface area contributed by atoms with Gasteiger partial charge < -0.3 is 5.32 Å². The topological polar surface area (TPSA) is 42.0 Å². The maximum absolute atomic E-state index is 13.7. The van der Waals surface area contributed by atoms with Crippen molar-refractivity contribution < 1.29 is 18.0 Å². The largest absolute Gasteiger partial charge is 0.417 e. The van der Waals surface area contributed by atoms with Gasteiger partial charge in [-0.2, -0.15) is 13.2 Å². The lowest BCUT2D eigenvalue weighted by atomic mass is 9.98. The summed E-state index contributed by atoms with van der Waals surface area (Å²) in [6, 6.07) is 17.9. The molecular weight excluding hydrogens is 397 g/mol. The first kappa shape index (κ1) is 20.9. The van der Waals surface area contributed by atoms with Crippen LogP contribution in [0.25, 0.3) is 0 Å². The average molecular weight is 416 g/mol. The van der Waals surface area contributed by atoms with Crippen LogP contribution in [0.5, 0.6) is 0 Å². The number of nitrogens with one attached hydrogen (secondary N) is 1. The molecule has 150 valence electrons. The van der Waals surface area contributed by atoms with E-state index in [4.69, 9.17) is 0 Å². The van der Waals surface area contributed by atoms with E-state index in [-0.39, 0.29) is 4.90 Å². The van der Waals surface area contributed by atoms with E-state index >= 15 is 0 Å². The third-order valence-electron chi connectivity index (χ3n) is 4.26. The number of aromatic nitrogens is 1. The quantitative estimate of drug-likeness (QED) is 0.562. The second kappa shape index (κ2) is 8.29. The number of pyridine rings is 1. The zero-order valence-corrected chi connectivity index (χ0v) is 16.6. The Bertz CT molecular complexity index is 990. The van der Waals surface area contributed by atoms with Crippen molar-refractivity contribution in [2.75, 3.05) is 0 Å². The molecule has 7 heteroatoms. The van der Waals surface area contributed by atoms with Crippen molar-refractivity contribution in [3.05, 3.63) is 89.7 Å². The third-order valence-corrected chi connectivity index (χ3v) is 5.33. The minimum atomic E-state index is -4.66. The average Bonchev–Trinajstić information content (AvgIpc) is 2.68. The van der Waals surface area contributed by atoms with Crippen molar-refractivity contribution in [1.29, 1.82) is 0 Å². The molecule has 0 saturated carbocycles. The number of rotatable bonds is 5. The second-order valence-electron chi connectivity index (χ2n) is 6.89. The van der Waals surface area contributed by atoms with Crippen molar-refractivity contribution in [3.63, 3.8) is 0 Å². The Kier molecular flexibility index (Phi) is 5.98. The molecule has 2 aromatic carbocycles. The number of halogens is 3. The highest BCUT2D eigenvalue weighted by atomic mass is 32.2. The van der Waals surface area contributed by atoms with Gasteiger partial charge in [-0.3, -0.25) is 9.78 Å². The molecule has 29 heavy (non-hydrogen) atoms. The molecule has 1 amide bonds. The first-order valence-electron chi connectivity index (χ1n) is 8.85. The molecule has 0 bridgehead atoms. The molecule has 0 saturated heterocycles. The first-order valence-corrected chi connectivity index (χ1v) is 9.67. The molecule has 0 unspecified atom stereocenters. The van der Waals surface area contributed by atoms with E-state index in [1.54, 1.807) is 62.5 Å². The summed E-state index contributed by atoms with van der Waals surface area (Å²) in [5.41, 5.74) is -1.76. The molecule has 1 N–H and O–H groups in total. The molecule has 0 spiro atoms. The number of hydrogen-bond donors (Lipinski definition) is 1. The first-order chi connectivity index (χ1) is 13.7. The normalized spacial score (nSPS) is 11.9. The number of carbonyl (C=O) groups is 1. The summed E-state index contributed by atoms with van der Waals surface area (Å²) in [6.45, 7) is 3.40. The smallest absolute Gasteiger partial charge is 0.341 e. The summed E-state index contributed by atoms with van der Waals surface area (Å²) in [5, 5.41) is 2.71. The van der Waals surface area contributed by atoms with Gasteiger partial charge in [-0.15, -0.1) is 0 Å². The number of alkyl halides is 3. The molecular formula is C22H19F3N2OS.